The van der Waals surface area contributed by atoms with Gasteiger partial charge < -0.3 is 5.32 Å². The maximum Gasteiger partial charge on any atom is 0.0309 e. The standard InChI is InChI=1S/C19H36N2/c1-16(2)18-13-20-19(11-7-4-8-12-19)15-21(18)14-17-9-5-3-6-10-17/h16-18,20H,3-15H2,1-2H3. The molecule has 1 aliphatic heterocycles. The van der Waals surface area contributed by atoms with Crippen LogP contribution in [-0.2, 0) is 0 Å². The van der Waals surface area contributed by atoms with Gasteiger partial charge in [-0.2, -0.15) is 0 Å². The van der Waals surface area contributed by atoms with Gasteiger partial charge in [-0.25, -0.2) is 0 Å². The first-order chi connectivity index (χ1) is 10.2. The number of rotatable bonds is 3. The van der Waals surface area contributed by atoms with E-state index in [2.05, 4.69) is 24.1 Å². The first kappa shape index (κ1) is 15.8. The molecule has 1 saturated heterocycles. The molecule has 122 valence electrons. The van der Waals surface area contributed by atoms with Crippen LogP contribution in [0.25, 0.3) is 0 Å². The summed E-state index contributed by atoms with van der Waals surface area (Å²) in [7, 11) is 0. The lowest BCUT2D eigenvalue weighted by Gasteiger charge is -2.51. The summed E-state index contributed by atoms with van der Waals surface area (Å²) in [4.78, 5) is 2.91. The van der Waals surface area contributed by atoms with Gasteiger partial charge in [0.1, 0.15) is 0 Å². The van der Waals surface area contributed by atoms with Crippen LogP contribution in [0, 0.1) is 11.8 Å². The van der Waals surface area contributed by atoms with Crippen LogP contribution >= 0.6 is 0 Å². The van der Waals surface area contributed by atoms with Crippen LogP contribution in [0.15, 0.2) is 0 Å². The number of hydrogen-bond donors (Lipinski definition) is 1. The molecule has 3 aliphatic rings. The number of nitrogens with zero attached hydrogens (tertiary/aromatic N) is 1. The van der Waals surface area contributed by atoms with E-state index < -0.39 is 0 Å². The third-order valence-electron chi connectivity index (χ3n) is 6.46. The van der Waals surface area contributed by atoms with Crippen molar-refractivity contribution in [1.82, 2.24) is 10.2 Å². The number of nitrogens with one attached hydrogen (secondary N) is 1. The highest BCUT2D eigenvalue weighted by Crippen LogP contribution is 2.34. The molecule has 3 fully saturated rings. The molecule has 0 amide bonds. The second-order valence-corrected chi connectivity index (χ2v) is 8.47. The quantitative estimate of drug-likeness (QED) is 0.838. The van der Waals surface area contributed by atoms with E-state index in [0.29, 0.717) is 5.54 Å². The molecule has 2 heteroatoms. The van der Waals surface area contributed by atoms with E-state index in [4.69, 9.17) is 0 Å². The molecule has 1 heterocycles. The Kier molecular flexibility index (Phi) is 5.27. The maximum atomic E-state index is 3.99. The van der Waals surface area contributed by atoms with E-state index in [1.807, 2.05) is 0 Å². The summed E-state index contributed by atoms with van der Waals surface area (Å²) >= 11 is 0. The second-order valence-electron chi connectivity index (χ2n) is 8.47. The molecule has 1 atom stereocenters. The van der Waals surface area contributed by atoms with Crippen LogP contribution in [0.3, 0.4) is 0 Å². The van der Waals surface area contributed by atoms with Gasteiger partial charge >= 0.3 is 0 Å². The smallest absolute Gasteiger partial charge is 0.0309 e. The second kappa shape index (κ2) is 7.00. The van der Waals surface area contributed by atoms with Crippen molar-refractivity contribution < 1.29 is 0 Å². The van der Waals surface area contributed by atoms with Gasteiger partial charge in [-0.1, -0.05) is 52.4 Å². The Morgan fingerprint density at radius 2 is 1.67 bits per heavy atom. The van der Waals surface area contributed by atoms with E-state index >= 15 is 0 Å². The van der Waals surface area contributed by atoms with Crippen LogP contribution in [0.4, 0.5) is 0 Å². The molecular formula is C19H36N2. The highest BCUT2D eigenvalue weighted by molar-refractivity contribution is 5.00. The van der Waals surface area contributed by atoms with Gasteiger partial charge in [-0.05, 0) is 37.5 Å². The van der Waals surface area contributed by atoms with Crippen molar-refractivity contribution in [1.29, 1.82) is 0 Å². The van der Waals surface area contributed by atoms with Crippen molar-refractivity contribution in [3.05, 3.63) is 0 Å². The Morgan fingerprint density at radius 3 is 2.33 bits per heavy atom. The Bertz CT molecular complexity index is 314. The van der Waals surface area contributed by atoms with E-state index in [9.17, 15) is 0 Å². The van der Waals surface area contributed by atoms with Gasteiger partial charge in [-0.3, -0.25) is 4.90 Å². The Hall–Kier alpha value is -0.0800. The lowest BCUT2D eigenvalue weighted by atomic mass is 9.78. The van der Waals surface area contributed by atoms with Crippen molar-refractivity contribution in [3.63, 3.8) is 0 Å². The van der Waals surface area contributed by atoms with E-state index in [0.717, 1.165) is 17.9 Å². The van der Waals surface area contributed by atoms with Crippen molar-refractivity contribution in [2.45, 2.75) is 89.6 Å². The predicted octanol–water partition coefficient (Wildman–Crippen LogP) is 4.20. The summed E-state index contributed by atoms with van der Waals surface area (Å²) in [5.41, 5.74) is 0.471. The monoisotopic (exact) mass is 292 g/mol. The zero-order valence-corrected chi connectivity index (χ0v) is 14.4. The summed E-state index contributed by atoms with van der Waals surface area (Å²) in [6.45, 7) is 8.77. The minimum Gasteiger partial charge on any atom is -0.308 e. The SMILES string of the molecule is CC(C)C1CNC2(CCCCC2)CN1CC1CCCCC1. The molecule has 3 rings (SSSR count). The maximum absolute atomic E-state index is 3.99. The Balaban J connectivity index is 1.65. The van der Waals surface area contributed by atoms with Gasteiger partial charge in [0.2, 0.25) is 0 Å². The molecule has 21 heavy (non-hydrogen) atoms. The van der Waals surface area contributed by atoms with Crippen LogP contribution in [-0.4, -0.2) is 36.1 Å². The average molecular weight is 293 g/mol. The largest absolute Gasteiger partial charge is 0.308 e. The molecule has 1 N–H and O–H groups in total. The minimum absolute atomic E-state index is 0.471. The minimum atomic E-state index is 0.471. The van der Waals surface area contributed by atoms with Gasteiger partial charge in [-0.15, -0.1) is 0 Å². The van der Waals surface area contributed by atoms with Gasteiger partial charge in [0.15, 0.2) is 0 Å². The molecule has 0 bridgehead atoms. The van der Waals surface area contributed by atoms with Crippen molar-refractivity contribution in [3.8, 4) is 0 Å². The highest BCUT2D eigenvalue weighted by atomic mass is 15.3. The van der Waals surface area contributed by atoms with Gasteiger partial charge in [0.05, 0.1) is 0 Å². The summed E-state index contributed by atoms with van der Waals surface area (Å²) in [6, 6.07) is 0.763. The van der Waals surface area contributed by atoms with E-state index in [1.54, 1.807) is 0 Å². The summed E-state index contributed by atoms with van der Waals surface area (Å²) < 4.78 is 0. The molecule has 0 aromatic carbocycles. The normalized spacial score (nSPS) is 31.9. The van der Waals surface area contributed by atoms with E-state index in [-0.39, 0.29) is 0 Å². The molecule has 2 saturated carbocycles. The van der Waals surface area contributed by atoms with Gasteiger partial charge in [0.25, 0.3) is 0 Å². The zero-order chi connectivity index (χ0) is 14.7. The van der Waals surface area contributed by atoms with Crippen molar-refractivity contribution in [2.75, 3.05) is 19.6 Å². The van der Waals surface area contributed by atoms with Crippen molar-refractivity contribution in [2.24, 2.45) is 11.8 Å². The number of piperazine rings is 1. The van der Waals surface area contributed by atoms with Crippen LogP contribution in [0.5, 0.6) is 0 Å². The molecule has 2 nitrogen and oxygen atoms in total. The van der Waals surface area contributed by atoms with E-state index in [1.165, 1.54) is 83.8 Å². The predicted molar refractivity (Wildman–Crippen MR) is 90.6 cm³/mol. The fraction of sp³-hybridized carbons (Fsp3) is 1.00. The highest BCUT2D eigenvalue weighted by Gasteiger charge is 2.41. The van der Waals surface area contributed by atoms with Crippen LogP contribution < -0.4 is 5.32 Å². The average Bonchev–Trinajstić information content (AvgIpc) is 2.49. The molecule has 1 unspecified atom stereocenters. The fourth-order valence-electron chi connectivity index (χ4n) is 5.13. The third-order valence-corrected chi connectivity index (χ3v) is 6.46. The molecule has 1 spiro atoms. The topological polar surface area (TPSA) is 15.3 Å². The Labute approximate surface area is 132 Å². The Morgan fingerprint density at radius 1 is 1.00 bits per heavy atom. The number of hydrogen-bond acceptors (Lipinski definition) is 2. The lowest BCUT2D eigenvalue weighted by Crippen LogP contribution is -2.66. The molecule has 0 aromatic rings. The molecule has 0 aromatic heterocycles. The third kappa shape index (κ3) is 3.82. The summed E-state index contributed by atoms with van der Waals surface area (Å²) in [5, 5.41) is 3.99. The zero-order valence-electron chi connectivity index (χ0n) is 14.4. The first-order valence-corrected chi connectivity index (χ1v) is 9.68. The first-order valence-electron chi connectivity index (χ1n) is 9.68. The summed E-state index contributed by atoms with van der Waals surface area (Å²) in [5.74, 6) is 1.76. The van der Waals surface area contributed by atoms with Crippen molar-refractivity contribution >= 4 is 0 Å². The molecular weight excluding hydrogens is 256 g/mol. The lowest BCUT2D eigenvalue weighted by molar-refractivity contribution is 0.0219. The van der Waals surface area contributed by atoms with Gasteiger partial charge in [0, 0.05) is 31.2 Å². The van der Waals surface area contributed by atoms with Crippen LogP contribution in [0.2, 0.25) is 0 Å². The fourth-order valence-corrected chi connectivity index (χ4v) is 5.13. The molecule has 2 aliphatic carbocycles. The van der Waals surface area contributed by atoms with Crippen LogP contribution in [0.1, 0.15) is 78.1 Å². The molecule has 0 radical (unpaired) electrons. The summed E-state index contributed by atoms with van der Waals surface area (Å²) in [6.07, 6.45) is 14.6.